The lowest BCUT2D eigenvalue weighted by Gasteiger charge is -2.14. The van der Waals surface area contributed by atoms with E-state index < -0.39 is 0 Å². The topological polar surface area (TPSA) is 24.4 Å². The summed E-state index contributed by atoms with van der Waals surface area (Å²) in [5.41, 5.74) is 2.72. The third-order valence-electron chi connectivity index (χ3n) is 2.46. The van der Waals surface area contributed by atoms with Gasteiger partial charge in [0.15, 0.2) is 0 Å². The molecule has 0 atom stereocenters. The Morgan fingerprint density at radius 3 is 2.29 bits per heavy atom. The average Bonchev–Trinajstić information content (AvgIpc) is 2.79. The smallest absolute Gasteiger partial charge is 0.128 e. The standard InChI is InChI=1S/C12H20N2/c1-9(2)8-10(3)11(13-5)14-12(4)6-7-12/h8,14H,5-7H2,1-4H3/b11-10-. The molecule has 78 valence electrons. The number of nitrogens with zero attached hydrogens (tertiary/aromatic N) is 1. The van der Waals surface area contributed by atoms with Gasteiger partial charge >= 0.3 is 0 Å². The second-order valence-corrected chi connectivity index (χ2v) is 4.60. The predicted molar refractivity (Wildman–Crippen MR) is 62.5 cm³/mol. The van der Waals surface area contributed by atoms with Gasteiger partial charge in [0.25, 0.3) is 0 Å². The first-order chi connectivity index (χ1) is 6.47. The van der Waals surface area contributed by atoms with E-state index in [1.807, 2.05) is 0 Å². The van der Waals surface area contributed by atoms with Crippen LogP contribution in [0.4, 0.5) is 0 Å². The molecule has 1 fully saturated rings. The number of allylic oxidation sites excluding steroid dienone is 3. The maximum Gasteiger partial charge on any atom is 0.128 e. The summed E-state index contributed by atoms with van der Waals surface area (Å²) in [4.78, 5) is 4.04. The van der Waals surface area contributed by atoms with Crippen LogP contribution < -0.4 is 5.32 Å². The molecule has 0 aromatic heterocycles. The number of hydrogen-bond acceptors (Lipinski definition) is 2. The van der Waals surface area contributed by atoms with Crippen LogP contribution in [0.15, 0.2) is 28.0 Å². The molecule has 0 amide bonds. The Morgan fingerprint density at radius 1 is 1.36 bits per heavy atom. The van der Waals surface area contributed by atoms with Crippen molar-refractivity contribution in [2.75, 3.05) is 0 Å². The summed E-state index contributed by atoms with van der Waals surface area (Å²) in [5.74, 6) is 0.922. The summed E-state index contributed by atoms with van der Waals surface area (Å²) in [6.45, 7) is 12.1. The van der Waals surface area contributed by atoms with Crippen molar-refractivity contribution in [2.24, 2.45) is 4.99 Å². The van der Waals surface area contributed by atoms with Gasteiger partial charge in [-0.3, -0.25) is 0 Å². The Bertz CT molecular complexity index is 289. The van der Waals surface area contributed by atoms with Gasteiger partial charge in [-0.1, -0.05) is 11.6 Å². The quantitative estimate of drug-likeness (QED) is 0.537. The van der Waals surface area contributed by atoms with E-state index in [1.54, 1.807) is 0 Å². The van der Waals surface area contributed by atoms with Crippen LogP contribution in [-0.4, -0.2) is 12.3 Å². The molecule has 1 aliphatic carbocycles. The van der Waals surface area contributed by atoms with Gasteiger partial charge in [0, 0.05) is 5.54 Å². The zero-order chi connectivity index (χ0) is 10.8. The molecular weight excluding hydrogens is 172 g/mol. The molecule has 0 spiro atoms. The zero-order valence-corrected chi connectivity index (χ0v) is 9.65. The lowest BCUT2D eigenvalue weighted by atomic mass is 10.2. The van der Waals surface area contributed by atoms with Crippen LogP contribution in [0.25, 0.3) is 0 Å². The van der Waals surface area contributed by atoms with E-state index in [0.29, 0.717) is 0 Å². The first-order valence-corrected chi connectivity index (χ1v) is 5.07. The van der Waals surface area contributed by atoms with Gasteiger partial charge in [-0.05, 0) is 52.8 Å². The molecule has 0 aromatic rings. The van der Waals surface area contributed by atoms with Crippen LogP contribution in [0.3, 0.4) is 0 Å². The number of hydrogen-bond donors (Lipinski definition) is 1. The minimum absolute atomic E-state index is 0.271. The van der Waals surface area contributed by atoms with E-state index in [0.717, 1.165) is 11.4 Å². The van der Waals surface area contributed by atoms with E-state index >= 15 is 0 Å². The van der Waals surface area contributed by atoms with E-state index in [4.69, 9.17) is 0 Å². The monoisotopic (exact) mass is 192 g/mol. The first-order valence-electron chi connectivity index (χ1n) is 5.07. The van der Waals surface area contributed by atoms with Crippen LogP contribution in [0.2, 0.25) is 0 Å². The highest BCUT2D eigenvalue weighted by atomic mass is 15.1. The van der Waals surface area contributed by atoms with Crippen molar-refractivity contribution in [2.45, 2.75) is 46.1 Å². The first kappa shape index (κ1) is 11.0. The summed E-state index contributed by atoms with van der Waals surface area (Å²) in [6, 6.07) is 0. The largest absolute Gasteiger partial charge is 0.365 e. The number of rotatable bonds is 4. The van der Waals surface area contributed by atoms with Crippen LogP contribution in [0.1, 0.15) is 40.5 Å². The lowest BCUT2D eigenvalue weighted by molar-refractivity contribution is 0.602. The third-order valence-corrected chi connectivity index (χ3v) is 2.46. The van der Waals surface area contributed by atoms with Crippen LogP contribution >= 0.6 is 0 Å². The van der Waals surface area contributed by atoms with Crippen molar-refractivity contribution < 1.29 is 0 Å². The van der Waals surface area contributed by atoms with Gasteiger partial charge in [-0.2, -0.15) is 0 Å². The van der Waals surface area contributed by atoms with E-state index in [2.05, 4.69) is 50.8 Å². The summed E-state index contributed by atoms with van der Waals surface area (Å²) in [7, 11) is 0. The molecule has 1 rings (SSSR count). The van der Waals surface area contributed by atoms with Crippen LogP contribution in [0.5, 0.6) is 0 Å². The molecule has 2 nitrogen and oxygen atoms in total. The van der Waals surface area contributed by atoms with Crippen molar-refractivity contribution >= 4 is 6.72 Å². The molecule has 0 saturated heterocycles. The molecule has 0 heterocycles. The Hall–Kier alpha value is -1.05. The fourth-order valence-corrected chi connectivity index (χ4v) is 1.36. The molecule has 1 aliphatic rings. The number of nitrogens with one attached hydrogen (secondary N) is 1. The highest BCUT2D eigenvalue weighted by Crippen LogP contribution is 2.35. The average molecular weight is 192 g/mol. The second kappa shape index (κ2) is 3.99. The summed E-state index contributed by atoms with van der Waals surface area (Å²) >= 11 is 0. The van der Waals surface area contributed by atoms with Gasteiger partial charge < -0.3 is 5.32 Å². The Kier molecular flexibility index (Phi) is 3.14. The Balaban J connectivity index is 2.77. The van der Waals surface area contributed by atoms with Crippen LogP contribution in [-0.2, 0) is 0 Å². The predicted octanol–water partition coefficient (Wildman–Crippen LogP) is 3.03. The summed E-state index contributed by atoms with van der Waals surface area (Å²) in [6.07, 6.45) is 4.59. The highest BCUT2D eigenvalue weighted by Gasteiger charge is 2.37. The van der Waals surface area contributed by atoms with E-state index in [1.165, 1.54) is 18.4 Å². The summed E-state index contributed by atoms with van der Waals surface area (Å²) in [5, 5.41) is 3.43. The Labute approximate surface area is 86.8 Å². The fraction of sp³-hybridized carbons (Fsp3) is 0.583. The van der Waals surface area contributed by atoms with Gasteiger partial charge in [0.05, 0.1) is 0 Å². The Morgan fingerprint density at radius 2 is 1.93 bits per heavy atom. The highest BCUT2D eigenvalue weighted by molar-refractivity contribution is 5.34. The maximum atomic E-state index is 4.04. The molecule has 0 unspecified atom stereocenters. The lowest BCUT2D eigenvalue weighted by Crippen LogP contribution is -2.26. The van der Waals surface area contributed by atoms with Crippen molar-refractivity contribution in [3.8, 4) is 0 Å². The van der Waals surface area contributed by atoms with Crippen molar-refractivity contribution in [1.82, 2.24) is 5.32 Å². The molecule has 0 aliphatic heterocycles. The second-order valence-electron chi connectivity index (χ2n) is 4.60. The minimum atomic E-state index is 0.271. The SMILES string of the molecule is C=N/C(NC1(C)CC1)=C(\C)C=C(C)C. The van der Waals surface area contributed by atoms with Gasteiger partial charge in [0.1, 0.15) is 5.82 Å². The van der Waals surface area contributed by atoms with Crippen molar-refractivity contribution in [3.05, 3.63) is 23.0 Å². The van der Waals surface area contributed by atoms with E-state index in [9.17, 15) is 0 Å². The molecule has 0 aromatic carbocycles. The van der Waals surface area contributed by atoms with Crippen molar-refractivity contribution in [1.29, 1.82) is 0 Å². The molecular formula is C12H20N2. The van der Waals surface area contributed by atoms with Gasteiger partial charge in [0.2, 0.25) is 0 Å². The molecule has 0 radical (unpaired) electrons. The van der Waals surface area contributed by atoms with E-state index in [-0.39, 0.29) is 5.54 Å². The molecule has 0 bridgehead atoms. The van der Waals surface area contributed by atoms with Gasteiger partial charge in [-0.25, -0.2) is 4.99 Å². The normalized spacial score (nSPS) is 19.4. The molecule has 14 heavy (non-hydrogen) atoms. The molecule has 2 heteroatoms. The molecule has 1 saturated carbocycles. The summed E-state index contributed by atoms with van der Waals surface area (Å²) < 4.78 is 0. The van der Waals surface area contributed by atoms with Gasteiger partial charge in [-0.15, -0.1) is 0 Å². The third kappa shape index (κ3) is 3.02. The minimum Gasteiger partial charge on any atom is -0.365 e. The fourth-order valence-electron chi connectivity index (χ4n) is 1.36. The van der Waals surface area contributed by atoms with Crippen molar-refractivity contribution in [3.63, 3.8) is 0 Å². The number of aliphatic imine (C=N–C) groups is 1. The zero-order valence-electron chi connectivity index (χ0n) is 9.65. The maximum absolute atomic E-state index is 4.04. The van der Waals surface area contributed by atoms with Crippen LogP contribution in [0, 0.1) is 0 Å². The molecule has 1 N–H and O–H groups in total.